The van der Waals surface area contributed by atoms with Crippen LogP contribution in [0.5, 0.6) is 0 Å². The number of alkyl halides is 2. The number of rotatable bonds is 3. The van der Waals surface area contributed by atoms with Crippen molar-refractivity contribution in [1.82, 2.24) is 0 Å². The van der Waals surface area contributed by atoms with E-state index in [1.54, 1.807) is 0 Å². The van der Waals surface area contributed by atoms with E-state index in [4.69, 9.17) is 23.2 Å². The third-order valence-corrected chi connectivity index (χ3v) is 0.482. The first-order valence-electron chi connectivity index (χ1n) is 3.25. The molecule has 0 spiro atoms. The molecule has 0 aromatic heterocycles. The molecule has 0 N–H and O–H groups in total. The van der Waals surface area contributed by atoms with E-state index in [2.05, 4.69) is 0 Å². The van der Waals surface area contributed by atoms with Gasteiger partial charge in [-0.2, -0.15) is 0 Å². The van der Waals surface area contributed by atoms with Crippen molar-refractivity contribution < 1.29 is 14.6 Å². The summed E-state index contributed by atoms with van der Waals surface area (Å²) < 4.78 is 0. The lowest BCUT2D eigenvalue weighted by molar-refractivity contribution is -0.475. The fourth-order valence-electron chi connectivity index (χ4n) is 0.0609. The molecule has 14 heavy (non-hydrogen) atoms. The summed E-state index contributed by atoms with van der Waals surface area (Å²) in [6.07, 6.45) is 0.250. The van der Waals surface area contributed by atoms with Crippen LogP contribution in [0.2, 0.25) is 0 Å². The second-order valence-electron chi connectivity index (χ2n) is 1.43. The van der Waals surface area contributed by atoms with E-state index in [-0.39, 0.29) is 23.1 Å². The smallest absolute Gasteiger partial charge is 0.258 e. The molecule has 0 rings (SSSR count). The lowest BCUT2D eigenvalue weighted by Gasteiger charge is -1.73. The van der Waals surface area contributed by atoms with Crippen LogP contribution in [0, 0.1) is 20.2 Å². The van der Waals surface area contributed by atoms with Gasteiger partial charge in [-0.05, 0) is 0 Å². The largest absolute Gasteiger partial charge is 0.296 e. The first kappa shape index (κ1) is 18.8. The van der Waals surface area contributed by atoms with Crippen molar-refractivity contribution in [3.8, 4) is 0 Å². The lowest BCUT2D eigenvalue weighted by atomic mass is 10.8. The summed E-state index contributed by atoms with van der Waals surface area (Å²) in [7, 11) is 0. The van der Waals surface area contributed by atoms with Gasteiger partial charge in [-0.15, -0.1) is 23.2 Å². The Morgan fingerprint density at radius 3 is 1.50 bits per heavy atom. The van der Waals surface area contributed by atoms with Gasteiger partial charge in [0.1, 0.15) is 0 Å². The van der Waals surface area contributed by atoms with Crippen LogP contribution in [0.4, 0.5) is 0 Å². The first-order valence-corrected chi connectivity index (χ1v) is 4.32. The van der Waals surface area contributed by atoms with E-state index in [0.717, 1.165) is 0 Å². The van der Waals surface area contributed by atoms with Crippen LogP contribution < -0.4 is 0 Å². The van der Waals surface area contributed by atoms with Gasteiger partial charge in [0, 0.05) is 16.8 Å². The van der Waals surface area contributed by atoms with Crippen LogP contribution in [0.25, 0.3) is 0 Å². The minimum Gasteiger partial charge on any atom is -0.296 e. The zero-order valence-corrected chi connectivity index (χ0v) is 8.90. The van der Waals surface area contributed by atoms with E-state index in [1.165, 1.54) is 6.92 Å². The second kappa shape index (κ2) is 18.0. The van der Waals surface area contributed by atoms with Gasteiger partial charge < -0.3 is 0 Å². The van der Waals surface area contributed by atoms with E-state index in [9.17, 15) is 25.0 Å². The topological polar surface area (TPSA) is 103 Å². The van der Waals surface area contributed by atoms with Crippen molar-refractivity contribution in [3.63, 3.8) is 0 Å². The minimum atomic E-state index is -0.688. The Hall–Kier alpha value is -0.950. The molecule has 0 saturated heterocycles. The predicted molar refractivity (Wildman–Crippen MR) is 52.0 cm³/mol. The highest BCUT2D eigenvalue weighted by Gasteiger charge is 1.85. The Labute approximate surface area is 90.3 Å². The van der Waals surface area contributed by atoms with Crippen LogP contribution in [0.3, 0.4) is 0 Å². The van der Waals surface area contributed by atoms with Gasteiger partial charge >= 0.3 is 0 Å². The van der Waals surface area contributed by atoms with Gasteiger partial charge in [-0.3, -0.25) is 25.0 Å². The molecule has 0 heterocycles. The quantitative estimate of drug-likeness (QED) is 0.323. The maximum atomic E-state index is 9.17. The zero-order chi connectivity index (χ0) is 12.0. The van der Waals surface area contributed by atoms with Crippen molar-refractivity contribution in [2.75, 3.05) is 18.4 Å². The summed E-state index contributed by atoms with van der Waals surface area (Å²) >= 11 is 9.53. The summed E-state index contributed by atoms with van der Waals surface area (Å²) in [6.45, 7) is 0.944. The van der Waals surface area contributed by atoms with Crippen LogP contribution in [0.1, 0.15) is 6.92 Å². The summed E-state index contributed by atoms with van der Waals surface area (Å²) in [5.41, 5.74) is 0. The number of carbonyl (C=O) groups excluding carboxylic acids is 1. The molecule has 0 atom stereocenters. The SMILES string of the molecule is CC[N+](=O)[O-].ClCCl.O=CC[N+](=O)[O-]. The van der Waals surface area contributed by atoms with E-state index in [1.807, 2.05) is 0 Å². The Morgan fingerprint density at radius 2 is 1.50 bits per heavy atom. The Morgan fingerprint density at radius 1 is 1.21 bits per heavy atom. The number of hydrogen-bond donors (Lipinski definition) is 0. The molecule has 0 fully saturated rings. The molecule has 0 aliphatic carbocycles. The zero-order valence-electron chi connectivity index (χ0n) is 7.39. The molecule has 0 radical (unpaired) electrons. The fourth-order valence-corrected chi connectivity index (χ4v) is 0.0609. The molecule has 0 aliphatic heterocycles. The average Bonchev–Trinajstić information content (AvgIpc) is 2.06. The molecule has 0 amide bonds. The lowest BCUT2D eigenvalue weighted by Crippen LogP contribution is -1.99. The Bertz CT molecular complexity index is 166. The van der Waals surface area contributed by atoms with Gasteiger partial charge in [-0.25, -0.2) is 0 Å². The number of nitrogens with zero attached hydrogens (tertiary/aromatic N) is 2. The van der Waals surface area contributed by atoms with Crippen molar-refractivity contribution in [3.05, 3.63) is 20.2 Å². The molecule has 0 bridgehead atoms. The Balaban J connectivity index is -0.000000138. The monoisotopic (exact) mass is 248 g/mol. The summed E-state index contributed by atoms with van der Waals surface area (Å²) in [4.78, 5) is 26.5. The summed E-state index contributed by atoms with van der Waals surface area (Å²) in [6, 6.07) is 0. The maximum Gasteiger partial charge on any atom is 0.258 e. The summed E-state index contributed by atoms with van der Waals surface area (Å²) in [5.74, 6) is 0. The van der Waals surface area contributed by atoms with Gasteiger partial charge in [0.05, 0.1) is 5.34 Å². The molecule has 0 aromatic rings. The van der Waals surface area contributed by atoms with Crippen molar-refractivity contribution in [1.29, 1.82) is 0 Å². The molecular formula is C5H10Cl2N2O5. The molecular weight excluding hydrogens is 239 g/mol. The molecule has 0 saturated carbocycles. The molecule has 84 valence electrons. The summed E-state index contributed by atoms with van der Waals surface area (Å²) in [5, 5.41) is 18.5. The highest BCUT2D eigenvalue weighted by Crippen LogP contribution is 1.73. The van der Waals surface area contributed by atoms with Crippen molar-refractivity contribution in [2.24, 2.45) is 0 Å². The fraction of sp³-hybridized carbons (Fsp3) is 0.800. The van der Waals surface area contributed by atoms with E-state index in [0.29, 0.717) is 0 Å². The number of hydrogen-bond acceptors (Lipinski definition) is 5. The third kappa shape index (κ3) is 68.0. The van der Waals surface area contributed by atoms with Crippen LogP contribution in [-0.4, -0.2) is 34.6 Å². The van der Waals surface area contributed by atoms with Gasteiger partial charge in [0.25, 0.3) is 6.54 Å². The number of halogens is 2. The molecule has 0 aliphatic rings. The number of aldehydes is 1. The van der Waals surface area contributed by atoms with Crippen LogP contribution in [-0.2, 0) is 4.79 Å². The third-order valence-electron chi connectivity index (χ3n) is 0.482. The van der Waals surface area contributed by atoms with Crippen LogP contribution >= 0.6 is 23.2 Å². The van der Waals surface area contributed by atoms with Crippen molar-refractivity contribution in [2.45, 2.75) is 6.92 Å². The standard InChI is InChI=1S/C2H3NO3.C2H5NO2.CH2Cl2/c4-2-1-3(5)6;1-2-3(4)5;2-1-3/h2H,1H2;2H2,1H3;1H2. The second-order valence-corrected chi connectivity index (χ2v) is 2.24. The molecule has 9 heteroatoms. The maximum absolute atomic E-state index is 9.17. The first-order chi connectivity index (χ1) is 6.45. The van der Waals surface area contributed by atoms with Crippen LogP contribution in [0.15, 0.2) is 0 Å². The van der Waals surface area contributed by atoms with Gasteiger partial charge in [-0.1, -0.05) is 0 Å². The highest BCUT2D eigenvalue weighted by molar-refractivity contribution is 6.40. The number of carbonyl (C=O) groups is 1. The van der Waals surface area contributed by atoms with E-state index >= 15 is 0 Å². The van der Waals surface area contributed by atoms with Gasteiger partial charge in [0.2, 0.25) is 6.54 Å². The van der Waals surface area contributed by atoms with Gasteiger partial charge in [0.15, 0.2) is 6.29 Å². The minimum absolute atomic E-state index is 0.0278. The predicted octanol–water partition coefficient (Wildman–Crippen LogP) is 1.17. The average molecular weight is 249 g/mol. The molecule has 0 unspecified atom stereocenters. The normalized spacial score (nSPS) is 7.07. The Kier molecular flexibility index (Phi) is 24.1. The molecule has 0 aromatic carbocycles. The highest BCUT2D eigenvalue weighted by atomic mass is 35.5. The molecule has 7 nitrogen and oxygen atoms in total. The van der Waals surface area contributed by atoms with E-state index < -0.39 is 11.5 Å². The number of nitro groups is 2. The van der Waals surface area contributed by atoms with Crippen molar-refractivity contribution >= 4 is 29.5 Å².